The zero-order chi connectivity index (χ0) is 26.2. The Labute approximate surface area is 206 Å². The van der Waals surface area contributed by atoms with Crippen LogP contribution in [-0.2, 0) is 16.0 Å². The molecule has 1 aliphatic heterocycles. The predicted molar refractivity (Wildman–Crippen MR) is 130 cm³/mol. The first kappa shape index (κ1) is 25.3. The minimum absolute atomic E-state index is 0.0485. The molecule has 3 aromatic rings. The van der Waals surface area contributed by atoms with E-state index in [-0.39, 0.29) is 41.3 Å². The van der Waals surface area contributed by atoms with E-state index in [1.165, 1.54) is 13.2 Å². The summed E-state index contributed by atoms with van der Waals surface area (Å²) in [4.78, 5) is 31.0. The summed E-state index contributed by atoms with van der Waals surface area (Å²) >= 11 is 0. The number of benzene rings is 1. The molecule has 0 spiro atoms. The summed E-state index contributed by atoms with van der Waals surface area (Å²) in [6.07, 6.45) is -0.212. The van der Waals surface area contributed by atoms with Gasteiger partial charge in [0, 0.05) is 35.1 Å². The number of ketones is 1. The van der Waals surface area contributed by atoms with Gasteiger partial charge < -0.3 is 25.0 Å². The molecule has 190 valence electrons. The molecule has 0 radical (unpaired) electrons. The van der Waals surface area contributed by atoms with Crippen LogP contribution in [0.3, 0.4) is 0 Å². The van der Waals surface area contributed by atoms with E-state index in [0.29, 0.717) is 17.3 Å². The molecule has 12 heteroatoms. The smallest absolute Gasteiger partial charge is 0.251 e. The van der Waals surface area contributed by atoms with Crippen molar-refractivity contribution in [3.8, 4) is 11.8 Å². The first-order chi connectivity index (χ1) is 17.0. The van der Waals surface area contributed by atoms with Crippen LogP contribution in [0.15, 0.2) is 34.9 Å². The van der Waals surface area contributed by atoms with Gasteiger partial charge in [-0.05, 0) is 23.4 Å². The number of halogens is 2. The van der Waals surface area contributed by atoms with Crippen molar-refractivity contribution in [3.63, 3.8) is 0 Å². The molecule has 36 heavy (non-hydrogen) atoms. The van der Waals surface area contributed by atoms with Gasteiger partial charge in [0.25, 0.3) is 5.88 Å². The van der Waals surface area contributed by atoms with Gasteiger partial charge in [0.1, 0.15) is 29.0 Å². The molecule has 1 aliphatic rings. The Hall–Kier alpha value is -3.80. The maximum absolute atomic E-state index is 14.8. The van der Waals surface area contributed by atoms with E-state index in [1.54, 1.807) is 12.1 Å². The van der Waals surface area contributed by atoms with Gasteiger partial charge in [0.05, 0.1) is 33.4 Å². The van der Waals surface area contributed by atoms with E-state index in [4.69, 9.17) is 9.26 Å². The standard InChI is InChI=1S/C24H26F2N4O5Si/c1-34-20-6-5-14-21(24(33)28-12-7-16(25)22(17(26)8-12)36(2,3)4)15(11-27-23(14)29-20)18(31)9-13-10-19(32)30-35-13/h5-8,10,15,21H,9,11H2,1-4H3,(H,27,29)(H,28,33)(H,30,32)/t15?,21-/m0/s1. The van der Waals surface area contributed by atoms with Crippen molar-refractivity contribution in [1.29, 1.82) is 0 Å². The maximum Gasteiger partial charge on any atom is 0.251 e. The highest BCUT2D eigenvalue weighted by molar-refractivity contribution is 6.88. The number of anilines is 2. The number of rotatable bonds is 7. The Kier molecular flexibility index (Phi) is 6.80. The fraction of sp³-hybridized carbons (Fsp3) is 0.333. The van der Waals surface area contributed by atoms with Gasteiger partial charge in [-0.3, -0.25) is 9.59 Å². The van der Waals surface area contributed by atoms with Crippen LogP contribution in [0.1, 0.15) is 17.2 Å². The number of Topliss-reactive ketones (excluding diaryl/α,β-unsaturated/α-hetero) is 1. The first-order valence-corrected chi connectivity index (χ1v) is 14.7. The molecule has 1 unspecified atom stereocenters. The molecule has 1 amide bonds. The number of hydrogen-bond acceptors (Lipinski definition) is 8. The van der Waals surface area contributed by atoms with Crippen LogP contribution in [0.25, 0.3) is 0 Å². The zero-order valence-electron chi connectivity index (χ0n) is 20.2. The van der Waals surface area contributed by atoms with Crippen molar-refractivity contribution >= 4 is 36.5 Å². The Balaban J connectivity index is 1.67. The van der Waals surface area contributed by atoms with Crippen molar-refractivity contribution in [3.05, 3.63) is 53.3 Å². The van der Waals surface area contributed by atoms with Crippen molar-refractivity contribution in [2.75, 3.05) is 24.3 Å². The normalized spacial score (nSPS) is 17.2. The lowest BCUT2D eigenvalue weighted by atomic mass is 9.79. The molecule has 3 heterocycles. The lowest BCUT2D eigenvalue weighted by Gasteiger charge is -2.32. The second kappa shape index (κ2) is 9.68. The molecule has 4 rings (SSSR count). The van der Waals surface area contributed by atoms with Crippen LogP contribution >= 0.6 is 0 Å². The number of amides is 1. The number of aromatic hydroxyl groups is 1. The van der Waals surface area contributed by atoms with Crippen LogP contribution in [-0.4, -0.2) is 48.7 Å². The SMILES string of the molecule is COc1ccc2c(n1)NCC(C(=O)Cc1cc(O)no1)[C@H]2C(=O)Nc1cc(F)c([Si](C)(C)C)c(F)c1. The van der Waals surface area contributed by atoms with Gasteiger partial charge >= 0.3 is 0 Å². The second-order valence-corrected chi connectivity index (χ2v) is 14.6. The Morgan fingerprint density at radius 1 is 1.22 bits per heavy atom. The topological polar surface area (TPSA) is 127 Å². The third-order valence-electron chi connectivity index (χ3n) is 5.99. The number of nitrogens with one attached hydrogen (secondary N) is 2. The molecule has 2 aromatic heterocycles. The van der Waals surface area contributed by atoms with E-state index < -0.39 is 37.5 Å². The Bertz CT molecular complexity index is 1300. The highest BCUT2D eigenvalue weighted by Gasteiger charge is 2.40. The number of pyridine rings is 1. The second-order valence-electron chi connectivity index (χ2n) is 9.61. The van der Waals surface area contributed by atoms with Crippen LogP contribution in [0, 0.1) is 17.6 Å². The summed E-state index contributed by atoms with van der Waals surface area (Å²) in [6, 6.07) is 6.58. The number of methoxy groups -OCH3 is 1. The van der Waals surface area contributed by atoms with Crippen molar-refractivity contribution < 1.29 is 32.7 Å². The van der Waals surface area contributed by atoms with Gasteiger partial charge in [-0.25, -0.2) is 8.78 Å². The number of carbonyl (C=O) groups excluding carboxylic acids is 2. The minimum Gasteiger partial charge on any atom is -0.491 e. The van der Waals surface area contributed by atoms with Crippen molar-refractivity contribution in [1.82, 2.24) is 10.1 Å². The first-order valence-electron chi connectivity index (χ1n) is 11.2. The van der Waals surface area contributed by atoms with Crippen LogP contribution in [0.4, 0.5) is 20.3 Å². The maximum atomic E-state index is 14.8. The van der Waals surface area contributed by atoms with Crippen LogP contribution < -0.4 is 20.6 Å². The molecule has 0 saturated heterocycles. The van der Waals surface area contributed by atoms with Gasteiger partial charge in [-0.1, -0.05) is 19.6 Å². The quantitative estimate of drug-likeness (QED) is 0.409. The highest BCUT2D eigenvalue weighted by atomic mass is 28.3. The Morgan fingerprint density at radius 2 is 1.92 bits per heavy atom. The summed E-state index contributed by atoms with van der Waals surface area (Å²) < 4.78 is 39.7. The number of ether oxygens (including phenoxy) is 1. The van der Waals surface area contributed by atoms with Crippen LogP contribution in [0.2, 0.25) is 19.6 Å². The minimum atomic E-state index is -2.30. The molecule has 0 fully saturated rings. The summed E-state index contributed by atoms with van der Waals surface area (Å²) in [5.74, 6) is -3.85. The van der Waals surface area contributed by atoms with E-state index in [9.17, 15) is 23.5 Å². The summed E-state index contributed by atoms with van der Waals surface area (Å²) in [6.45, 7) is 5.54. The monoisotopic (exact) mass is 516 g/mol. The van der Waals surface area contributed by atoms with Gasteiger partial charge in [-0.15, -0.1) is 0 Å². The number of aromatic nitrogens is 2. The summed E-state index contributed by atoms with van der Waals surface area (Å²) in [7, 11) is -0.851. The molecule has 0 saturated carbocycles. The van der Waals surface area contributed by atoms with Gasteiger partial charge in [0.15, 0.2) is 0 Å². The van der Waals surface area contributed by atoms with Gasteiger partial charge in [0.2, 0.25) is 11.8 Å². The zero-order valence-corrected chi connectivity index (χ0v) is 21.2. The third-order valence-corrected chi connectivity index (χ3v) is 7.97. The average Bonchev–Trinajstić information content (AvgIpc) is 3.20. The largest absolute Gasteiger partial charge is 0.491 e. The van der Waals surface area contributed by atoms with Gasteiger partial charge in [-0.2, -0.15) is 4.98 Å². The number of hydrogen-bond donors (Lipinski definition) is 3. The van der Waals surface area contributed by atoms with Crippen molar-refractivity contribution in [2.24, 2.45) is 5.92 Å². The summed E-state index contributed by atoms with van der Waals surface area (Å²) in [5.41, 5.74) is 0.378. The molecular weight excluding hydrogens is 490 g/mol. The third kappa shape index (κ3) is 5.08. The molecule has 2 atom stereocenters. The van der Waals surface area contributed by atoms with E-state index in [2.05, 4.69) is 20.8 Å². The average molecular weight is 517 g/mol. The predicted octanol–water partition coefficient (Wildman–Crippen LogP) is 3.18. The van der Waals surface area contributed by atoms with E-state index in [0.717, 1.165) is 12.1 Å². The molecule has 3 N–H and O–H groups in total. The molecule has 0 aliphatic carbocycles. The Morgan fingerprint density at radius 3 is 2.50 bits per heavy atom. The molecule has 0 bridgehead atoms. The lowest BCUT2D eigenvalue weighted by molar-refractivity contribution is -0.128. The number of nitrogens with zero attached hydrogens (tertiary/aromatic N) is 2. The fourth-order valence-corrected chi connectivity index (χ4v) is 5.97. The molecule has 1 aromatic carbocycles. The number of carbonyl (C=O) groups is 2. The lowest BCUT2D eigenvalue weighted by Crippen LogP contribution is -2.43. The number of fused-ring (bicyclic) bond motifs is 1. The van der Waals surface area contributed by atoms with E-state index >= 15 is 0 Å². The van der Waals surface area contributed by atoms with Crippen LogP contribution in [0.5, 0.6) is 11.8 Å². The van der Waals surface area contributed by atoms with E-state index in [1.807, 2.05) is 19.6 Å². The molecule has 9 nitrogen and oxygen atoms in total. The molecular formula is C24H26F2N4O5Si. The summed E-state index contributed by atoms with van der Waals surface area (Å²) in [5, 5.41) is 18.4. The fourth-order valence-electron chi connectivity index (χ4n) is 4.39. The van der Waals surface area contributed by atoms with Crippen molar-refractivity contribution in [2.45, 2.75) is 32.0 Å². The highest BCUT2D eigenvalue weighted by Crippen LogP contribution is 2.37.